The SMILES string of the molecule is O=C(OCc1cc2ccccc2nc1Cl)C1(c2ccc3c(c2)OCCO3)CCCC1. The van der Waals surface area contributed by atoms with E-state index in [2.05, 4.69) is 4.98 Å². The molecule has 0 amide bonds. The van der Waals surface area contributed by atoms with Crippen LogP contribution in [-0.4, -0.2) is 24.2 Å². The highest BCUT2D eigenvalue weighted by atomic mass is 35.5. The molecule has 30 heavy (non-hydrogen) atoms. The highest BCUT2D eigenvalue weighted by Gasteiger charge is 2.44. The van der Waals surface area contributed by atoms with Crippen LogP contribution in [0.5, 0.6) is 11.5 Å². The summed E-state index contributed by atoms with van der Waals surface area (Å²) in [7, 11) is 0. The number of aromatic nitrogens is 1. The summed E-state index contributed by atoms with van der Waals surface area (Å²) in [6, 6.07) is 15.5. The fourth-order valence-corrected chi connectivity index (χ4v) is 4.65. The van der Waals surface area contributed by atoms with Crippen molar-refractivity contribution in [1.82, 2.24) is 4.98 Å². The summed E-state index contributed by atoms with van der Waals surface area (Å²) in [4.78, 5) is 17.7. The number of benzene rings is 2. The molecule has 6 heteroatoms. The zero-order chi connectivity index (χ0) is 20.6. The molecule has 0 bridgehead atoms. The molecule has 1 aliphatic heterocycles. The predicted octanol–water partition coefficient (Wildman–Crippen LogP) is 5.21. The van der Waals surface area contributed by atoms with Crippen molar-refractivity contribution in [2.75, 3.05) is 13.2 Å². The number of carbonyl (C=O) groups excluding carboxylic acids is 1. The van der Waals surface area contributed by atoms with E-state index in [1.54, 1.807) is 0 Å². The molecule has 0 atom stereocenters. The van der Waals surface area contributed by atoms with Crippen molar-refractivity contribution in [1.29, 1.82) is 0 Å². The van der Waals surface area contributed by atoms with E-state index in [1.807, 2.05) is 48.5 Å². The van der Waals surface area contributed by atoms with Crippen molar-refractivity contribution >= 4 is 28.5 Å². The van der Waals surface area contributed by atoms with Crippen LogP contribution in [0.25, 0.3) is 10.9 Å². The van der Waals surface area contributed by atoms with Crippen LogP contribution in [0.15, 0.2) is 48.5 Å². The van der Waals surface area contributed by atoms with E-state index in [1.165, 1.54) is 0 Å². The summed E-state index contributed by atoms with van der Waals surface area (Å²) in [5.41, 5.74) is 1.80. The number of fused-ring (bicyclic) bond motifs is 2. The zero-order valence-corrected chi connectivity index (χ0v) is 17.3. The smallest absolute Gasteiger partial charge is 0.316 e. The van der Waals surface area contributed by atoms with Gasteiger partial charge in [-0.2, -0.15) is 0 Å². The topological polar surface area (TPSA) is 57.7 Å². The zero-order valence-electron chi connectivity index (χ0n) is 16.5. The van der Waals surface area contributed by atoms with E-state index < -0.39 is 5.41 Å². The maximum absolute atomic E-state index is 13.3. The number of ether oxygens (including phenoxy) is 3. The fraction of sp³-hybridized carbons (Fsp3) is 0.333. The quantitative estimate of drug-likeness (QED) is 0.425. The van der Waals surface area contributed by atoms with Crippen LogP contribution < -0.4 is 9.47 Å². The van der Waals surface area contributed by atoms with Gasteiger partial charge in [0.2, 0.25) is 0 Å². The van der Waals surface area contributed by atoms with E-state index in [9.17, 15) is 4.79 Å². The van der Waals surface area contributed by atoms with Crippen molar-refractivity contribution in [3.8, 4) is 11.5 Å². The average molecular weight is 424 g/mol. The lowest BCUT2D eigenvalue weighted by molar-refractivity contribution is -0.152. The molecule has 154 valence electrons. The van der Waals surface area contributed by atoms with Gasteiger partial charge in [-0.1, -0.05) is 48.7 Å². The molecule has 2 heterocycles. The standard InChI is InChI=1S/C24H22ClNO4/c25-22-17(13-16-5-1-2-6-19(16)26-22)15-30-23(27)24(9-3-4-10-24)18-7-8-20-21(14-18)29-12-11-28-20/h1-2,5-8,13-14H,3-4,9-12,15H2. The largest absolute Gasteiger partial charge is 0.486 e. The lowest BCUT2D eigenvalue weighted by atomic mass is 9.78. The Morgan fingerprint density at radius 3 is 2.63 bits per heavy atom. The first-order chi connectivity index (χ1) is 14.7. The van der Waals surface area contributed by atoms with E-state index in [0.29, 0.717) is 29.7 Å². The Labute approximate surface area is 179 Å². The molecule has 0 unspecified atom stereocenters. The third-order valence-corrected chi connectivity index (χ3v) is 6.38. The summed E-state index contributed by atoms with van der Waals surface area (Å²) in [5.74, 6) is 1.20. The Morgan fingerprint density at radius 1 is 1.03 bits per heavy atom. The average Bonchev–Trinajstić information content (AvgIpc) is 3.28. The van der Waals surface area contributed by atoms with Gasteiger partial charge in [0, 0.05) is 10.9 Å². The third kappa shape index (κ3) is 3.37. The number of rotatable bonds is 4. The van der Waals surface area contributed by atoms with Gasteiger partial charge in [-0.05, 0) is 42.7 Å². The second-order valence-electron chi connectivity index (χ2n) is 7.85. The monoisotopic (exact) mass is 423 g/mol. The number of esters is 1. The first kappa shape index (κ1) is 19.2. The van der Waals surface area contributed by atoms with Crippen molar-refractivity contribution in [2.24, 2.45) is 0 Å². The van der Waals surface area contributed by atoms with Gasteiger partial charge in [-0.3, -0.25) is 4.79 Å². The summed E-state index contributed by atoms with van der Waals surface area (Å²) < 4.78 is 17.2. The van der Waals surface area contributed by atoms with Crippen LogP contribution >= 0.6 is 11.6 Å². The second kappa shape index (κ2) is 7.80. The lowest BCUT2D eigenvalue weighted by Gasteiger charge is -2.29. The normalized spacial score (nSPS) is 17.1. The van der Waals surface area contributed by atoms with Crippen LogP contribution in [0.3, 0.4) is 0 Å². The fourth-order valence-electron chi connectivity index (χ4n) is 4.45. The van der Waals surface area contributed by atoms with Crippen molar-refractivity contribution in [2.45, 2.75) is 37.7 Å². The molecular formula is C24H22ClNO4. The van der Waals surface area contributed by atoms with Gasteiger partial charge in [-0.25, -0.2) is 4.98 Å². The minimum absolute atomic E-state index is 0.0990. The molecule has 5 nitrogen and oxygen atoms in total. The number of nitrogens with zero attached hydrogens (tertiary/aromatic N) is 1. The number of halogens is 1. The van der Waals surface area contributed by atoms with Crippen LogP contribution in [0.2, 0.25) is 5.15 Å². The third-order valence-electron chi connectivity index (χ3n) is 6.05. The van der Waals surface area contributed by atoms with Crippen LogP contribution in [0.1, 0.15) is 36.8 Å². The van der Waals surface area contributed by atoms with Gasteiger partial charge in [-0.15, -0.1) is 0 Å². The Morgan fingerprint density at radius 2 is 1.80 bits per heavy atom. The van der Waals surface area contributed by atoms with Crippen molar-refractivity contribution in [3.63, 3.8) is 0 Å². The summed E-state index contributed by atoms with van der Waals surface area (Å²) in [5, 5.41) is 1.33. The summed E-state index contributed by atoms with van der Waals surface area (Å²) >= 11 is 6.34. The minimum Gasteiger partial charge on any atom is -0.486 e. The van der Waals surface area contributed by atoms with Gasteiger partial charge in [0.05, 0.1) is 10.9 Å². The van der Waals surface area contributed by atoms with Gasteiger partial charge >= 0.3 is 5.97 Å². The molecule has 2 aliphatic rings. The molecule has 1 aliphatic carbocycles. The number of para-hydroxylation sites is 1. The molecule has 2 aromatic carbocycles. The van der Waals surface area contributed by atoms with E-state index in [4.69, 9.17) is 25.8 Å². The van der Waals surface area contributed by atoms with E-state index in [-0.39, 0.29) is 12.6 Å². The Balaban J connectivity index is 1.40. The van der Waals surface area contributed by atoms with Crippen LogP contribution in [0.4, 0.5) is 0 Å². The Bertz CT molecular complexity index is 1110. The molecule has 1 saturated carbocycles. The lowest BCUT2D eigenvalue weighted by Crippen LogP contribution is -2.35. The molecule has 3 aromatic rings. The highest BCUT2D eigenvalue weighted by Crippen LogP contribution is 2.45. The molecule has 1 aromatic heterocycles. The molecule has 0 spiro atoms. The maximum Gasteiger partial charge on any atom is 0.316 e. The first-order valence-electron chi connectivity index (χ1n) is 10.3. The Kier molecular flexibility index (Phi) is 4.99. The number of hydrogen-bond donors (Lipinski definition) is 0. The van der Waals surface area contributed by atoms with Gasteiger partial charge in [0.15, 0.2) is 11.5 Å². The van der Waals surface area contributed by atoms with E-state index in [0.717, 1.165) is 47.9 Å². The Hall–Kier alpha value is -2.79. The van der Waals surface area contributed by atoms with Gasteiger partial charge in [0.1, 0.15) is 25.0 Å². The molecule has 5 rings (SSSR count). The molecule has 1 fully saturated rings. The van der Waals surface area contributed by atoms with Crippen LogP contribution in [0, 0.1) is 0 Å². The number of hydrogen-bond acceptors (Lipinski definition) is 5. The van der Waals surface area contributed by atoms with E-state index >= 15 is 0 Å². The van der Waals surface area contributed by atoms with Crippen LogP contribution in [-0.2, 0) is 21.6 Å². The molecular weight excluding hydrogens is 402 g/mol. The first-order valence-corrected chi connectivity index (χ1v) is 10.7. The van der Waals surface area contributed by atoms with Crippen molar-refractivity contribution in [3.05, 3.63) is 64.8 Å². The summed E-state index contributed by atoms with van der Waals surface area (Å²) in [6.45, 7) is 1.16. The molecule has 0 radical (unpaired) electrons. The highest BCUT2D eigenvalue weighted by molar-refractivity contribution is 6.30. The van der Waals surface area contributed by atoms with Gasteiger partial charge < -0.3 is 14.2 Å². The maximum atomic E-state index is 13.3. The number of carbonyl (C=O) groups is 1. The molecule has 0 saturated heterocycles. The van der Waals surface area contributed by atoms with Crippen molar-refractivity contribution < 1.29 is 19.0 Å². The summed E-state index contributed by atoms with van der Waals surface area (Å²) in [6.07, 6.45) is 3.49. The minimum atomic E-state index is -0.660. The van der Waals surface area contributed by atoms with Gasteiger partial charge in [0.25, 0.3) is 0 Å². The predicted molar refractivity (Wildman–Crippen MR) is 114 cm³/mol. The number of pyridine rings is 1. The molecule has 0 N–H and O–H groups in total. The second-order valence-corrected chi connectivity index (χ2v) is 8.21.